The number of nitrogens with zero attached hydrogens (tertiary/aromatic N) is 1. The third-order valence-corrected chi connectivity index (χ3v) is 15.9. The van der Waals surface area contributed by atoms with E-state index in [2.05, 4.69) is 148 Å². The van der Waals surface area contributed by atoms with Crippen molar-refractivity contribution in [1.82, 2.24) is 0 Å². The van der Waals surface area contributed by atoms with E-state index in [0.717, 1.165) is 109 Å². The second kappa shape index (κ2) is 71.3. The van der Waals surface area contributed by atoms with Crippen molar-refractivity contribution in [3.8, 4) is 0 Å². The van der Waals surface area contributed by atoms with E-state index < -0.39 is 24.3 Å². The summed E-state index contributed by atoms with van der Waals surface area (Å²) in [5, 5.41) is 11.8. The van der Waals surface area contributed by atoms with Crippen molar-refractivity contribution in [3.63, 3.8) is 0 Å². The van der Waals surface area contributed by atoms with Crippen molar-refractivity contribution >= 4 is 17.9 Å². The van der Waals surface area contributed by atoms with E-state index in [1.165, 1.54) is 167 Å². The molecule has 91 heavy (non-hydrogen) atoms. The average Bonchev–Trinajstić information content (AvgIpc) is 3.50. The van der Waals surface area contributed by atoms with Crippen molar-refractivity contribution in [2.45, 2.75) is 322 Å². The van der Waals surface area contributed by atoms with Gasteiger partial charge in [0, 0.05) is 12.8 Å². The van der Waals surface area contributed by atoms with Crippen LogP contribution in [0.2, 0.25) is 0 Å². The third kappa shape index (κ3) is 72.7. The third-order valence-electron chi connectivity index (χ3n) is 15.9. The summed E-state index contributed by atoms with van der Waals surface area (Å²) in [6.07, 6.45) is 99.8. The number of allylic oxidation sites excluding steroid dienone is 22. The first-order valence-electron chi connectivity index (χ1n) is 37.3. The summed E-state index contributed by atoms with van der Waals surface area (Å²) in [5.41, 5.74) is 0. The van der Waals surface area contributed by atoms with E-state index in [4.69, 9.17) is 18.9 Å². The first-order valence-corrected chi connectivity index (χ1v) is 37.3. The van der Waals surface area contributed by atoms with Gasteiger partial charge in [-0.1, -0.05) is 334 Å². The van der Waals surface area contributed by atoms with Crippen LogP contribution in [0.15, 0.2) is 134 Å². The molecular weight excluding hydrogens is 1130 g/mol. The molecule has 0 aliphatic heterocycles. The number of carboxylic acids is 1. The smallest absolute Gasteiger partial charge is 0.306 e. The molecule has 0 aromatic heterocycles. The highest BCUT2D eigenvalue weighted by molar-refractivity contribution is 5.70. The lowest BCUT2D eigenvalue weighted by molar-refractivity contribution is -0.870. The van der Waals surface area contributed by atoms with Crippen molar-refractivity contribution in [3.05, 3.63) is 134 Å². The monoisotopic (exact) mass is 1270 g/mol. The van der Waals surface area contributed by atoms with E-state index in [1.54, 1.807) is 0 Å². The SMILES string of the molecule is CC/C=C\C/C=C\C/C=C\C/C=C\C/C=C\C/C=C\C/C=C\C/C=C\C/C=C\C/C=C\C/C=C\CCCCCC(=O)OC(COC(=O)CCCCCCCCCCCCCCCCCCCCCCCCCCCCCCC)COC(OCC[N+](C)(C)C)C(=O)[O-]. The van der Waals surface area contributed by atoms with Crippen LogP contribution in [0.4, 0.5) is 0 Å². The highest BCUT2D eigenvalue weighted by atomic mass is 16.7. The summed E-state index contributed by atoms with van der Waals surface area (Å²) in [5.74, 6) is -2.33. The van der Waals surface area contributed by atoms with Crippen LogP contribution in [0, 0.1) is 0 Å². The van der Waals surface area contributed by atoms with Crippen molar-refractivity contribution in [2.75, 3.05) is 47.5 Å². The standard InChI is InChI=1S/C82H139NO8/c1-6-8-10-12-14-16-18-20-22-24-26-28-30-32-34-36-37-38-39-40-41-42-43-45-47-49-51-53-55-57-59-61-63-65-67-69-71-73-80(85)91-78(77-90-82(81(86)87)88-75-74-83(3,4)5)76-89-79(84)72-70-68-66-64-62-60-58-56-54-52-50-48-46-44-35-33-31-29-27-25-23-21-19-17-15-13-11-9-7-2/h8,10,14,16,20,22,26,28,32,34,37-38,40-41,43,45,49,51,55,57,61,63,78,82H,6-7,9,11-13,15,17-19,21,23-25,27,29-31,33,35-36,39,42,44,46-48,50,52-54,56,58-60,62,64-77H2,1-5H3/b10-8-,16-14-,22-20-,28-26-,34-32-,38-37-,41-40-,45-43-,51-49-,57-55-,63-61-. The van der Waals surface area contributed by atoms with Crippen LogP contribution in [0.3, 0.4) is 0 Å². The Morgan fingerprint density at radius 2 is 0.626 bits per heavy atom. The molecule has 0 aliphatic carbocycles. The lowest BCUT2D eigenvalue weighted by atomic mass is 10.0. The van der Waals surface area contributed by atoms with E-state index in [1.807, 2.05) is 21.1 Å². The van der Waals surface area contributed by atoms with Crippen LogP contribution < -0.4 is 5.11 Å². The van der Waals surface area contributed by atoms with Gasteiger partial charge in [-0.05, 0) is 96.3 Å². The van der Waals surface area contributed by atoms with Crippen LogP contribution in [0.1, 0.15) is 309 Å². The van der Waals surface area contributed by atoms with E-state index in [-0.39, 0.29) is 38.6 Å². The predicted molar refractivity (Wildman–Crippen MR) is 389 cm³/mol. The molecule has 2 unspecified atom stereocenters. The summed E-state index contributed by atoms with van der Waals surface area (Å²) < 4.78 is 22.8. The molecule has 0 fully saturated rings. The Kier molecular flexibility index (Phi) is 67.7. The Bertz CT molecular complexity index is 1960. The van der Waals surface area contributed by atoms with Gasteiger partial charge in [0.1, 0.15) is 13.2 Å². The first-order chi connectivity index (χ1) is 44.6. The van der Waals surface area contributed by atoms with Gasteiger partial charge >= 0.3 is 11.9 Å². The molecule has 2 atom stereocenters. The van der Waals surface area contributed by atoms with Gasteiger partial charge < -0.3 is 33.3 Å². The Balaban J connectivity index is 4.19. The van der Waals surface area contributed by atoms with Crippen molar-refractivity contribution in [1.29, 1.82) is 0 Å². The van der Waals surface area contributed by atoms with E-state index in [0.29, 0.717) is 17.4 Å². The van der Waals surface area contributed by atoms with E-state index >= 15 is 0 Å². The van der Waals surface area contributed by atoms with Gasteiger partial charge in [-0.15, -0.1) is 0 Å². The maximum absolute atomic E-state index is 12.9. The fourth-order valence-corrected chi connectivity index (χ4v) is 10.3. The zero-order valence-electron chi connectivity index (χ0n) is 59.4. The van der Waals surface area contributed by atoms with Crippen molar-refractivity contribution < 1.29 is 42.9 Å². The molecule has 0 N–H and O–H groups in total. The second-order valence-electron chi connectivity index (χ2n) is 25.9. The molecule has 0 aromatic rings. The molecule has 9 nitrogen and oxygen atoms in total. The number of ether oxygens (including phenoxy) is 4. The maximum Gasteiger partial charge on any atom is 0.306 e. The number of esters is 2. The van der Waals surface area contributed by atoms with Gasteiger partial charge in [0.15, 0.2) is 12.4 Å². The molecule has 0 rings (SSSR count). The molecule has 0 bridgehead atoms. The van der Waals surface area contributed by atoms with Gasteiger partial charge in [0.05, 0.1) is 40.3 Å². The fourth-order valence-electron chi connectivity index (χ4n) is 10.3. The zero-order chi connectivity index (χ0) is 66.1. The number of aliphatic carboxylic acids is 1. The Labute approximate surface area is 560 Å². The molecule has 9 heteroatoms. The van der Waals surface area contributed by atoms with Crippen LogP contribution in [0.25, 0.3) is 0 Å². The number of carboxylic acid groups (broad SMARTS) is 1. The van der Waals surface area contributed by atoms with E-state index in [9.17, 15) is 19.5 Å². The predicted octanol–water partition coefficient (Wildman–Crippen LogP) is 22.4. The van der Waals surface area contributed by atoms with Gasteiger partial charge in [0.2, 0.25) is 0 Å². The highest BCUT2D eigenvalue weighted by Crippen LogP contribution is 2.18. The molecule has 0 saturated carbocycles. The minimum atomic E-state index is -1.64. The van der Waals surface area contributed by atoms with Crippen LogP contribution >= 0.6 is 0 Å². The van der Waals surface area contributed by atoms with Gasteiger partial charge in [-0.3, -0.25) is 9.59 Å². The lowest BCUT2D eigenvalue weighted by Crippen LogP contribution is -2.44. The first kappa shape index (κ1) is 86.4. The average molecular weight is 1270 g/mol. The fraction of sp³-hybridized carbons (Fsp3) is 0.695. The van der Waals surface area contributed by atoms with Gasteiger partial charge in [0.25, 0.3) is 0 Å². The second-order valence-corrected chi connectivity index (χ2v) is 25.9. The molecule has 0 amide bonds. The Hall–Kier alpha value is -4.57. The molecule has 0 radical (unpaired) electrons. The number of rotatable bonds is 68. The summed E-state index contributed by atoms with van der Waals surface area (Å²) >= 11 is 0. The minimum Gasteiger partial charge on any atom is -0.545 e. The molecule has 0 aliphatic rings. The van der Waals surface area contributed by atoms with Crippen molar-refractivity contribution in [2.24, 2.45) is 0 Å². The molecule has 0 spiro atoms. The lowest BCUT2D eigenvalue weighted by Gasteiger charge is -2.26. The summed E-state index contributed by atoms with van der Waals surface area (Å²) in [6, 6.07) is 0. The quantitative estimate of drug-likeness (QED) is 0.0195. The summed E-state index contributed by atoms with van der Waals surface area (Å²) in [6.45, 7) is 4.62. The number of carbonyl (C=O) groups excluding carboxylic acids is 3. The molecule has 0 heterocycles. The highest BCUT2D eigenvalue weighted by Gasteiger charge is 2.22. The zero-order valence-corrected chi connectivity index (χ0v) is 59.4. The molecule has 0 aromatic carbocycles. The summed E-state index contributed by atoms with van der Waals surface area (Å²) in [4.78, 5) is 37.5. The molecule has 520 valence electrons. The number of carbonyl (C=O) groups is 3. The number of hydrogen-bond donors (Lipinski definition) is 0. The number of quaternary nitrogens is 1. The summed E-state index contributed by atoms with van der Waals surface area (Å²) in [7, 11) is 5.92. The Morgan fingerprint density at radius 1 is 0.341 bits per heavy atom. The molecular formula is C82H139NO8. The normalized spacial score (nSPS) is 13.5. The van der Waals surface area contributed by atoms with Gasteiger partial charge in [-0.25, -0.2) is 0 Å². The van der Waals surface area contributed by atoms with Gasteiger partial charge in [-0.2, -0.15) is 0 Å². The maximum atomic E-state index is 12.9. The molecule has 0 saturated heterocycles. The number of hydrogen-bond acceptors (Lipinski definition) is 8. The van der Waals surface area contributed by atoms with Crippen LogP contribution in [-0.4, -0.2) is 82.3 Å². The van der Waals surface area contributed by atoms with Crippen LogP contribution in [0.5, 0.6) is 0 Å². The number of likely N-dealkylation sites (N-methyl/N-ethyl adjacent to an activating group) is 1. The largest absolute Gasteiger partial charge is 0.545 e. The Morgan fingerprint density at radius 3 is 0.934 bits per heavy atom. The minimum absolute atomic E-state index is 0.135. The van der Waals surface area contributed by atoms with Crippen LogP contribution in [-0.2, 0) is 33.3 Å². The topological polar surface area (TPSA) is 111 Å². The number of unbranched alkanes of at least 4 members (excludes halogenated alkanes) is 31.